The van der Waals surface area contributed by atoms with Gasteiger partial charge in [-0.15, -0.1) is 0 Å². The molecule has 1 aliphatic heterocycles. The van der Waals surface area contributed by atoms with Crippen LogP contribution in [0.25, 0.3) is 11.3 Å². The van der Waals surface area contributed by atoms with Crippen molar-refractivity contribution in [3.8, 4) is 11.3 Å². The Morgan fingerprint density at radius 2 is 1.76 bits per heavy atom. The molecule has 1 aromatic carbocycles. The number of pyridine rings is 1. The van der Waals surface area contributed by atoms with E-state index in [0.717, 1.165) is 18.9 Å². The van der Waals surface area contributed by atoms with E-state index in [1.54, 1.807) is 24.3 Å². The Morgan fingerprint density at radius 3 is 2.40 bits per heavy atom. The minimum Gasteiger partial charge on any atom is -0.381 e. The number of ether oxygens (including phenoxy) is 1. The van der Waals surface area contributed by atoms with Crippen molar-refractivity contribution in [2.45, 2.75) is 25.1 Å². The number of carbonyl (C=O) groups is 1. The number of carbonyl (C=O) groups excluding carboxylic acids is 1. The first-order valence-electron chi connectivity index (χ1n) is 7.97. The lowest BCUT2D eigenvalue weighted by Crippen LogP contribution is -2.38. The monoisotopic (exact) mass is 350 g/mol. The van der Waals surface area contributed by atoms with Crippen LogP contribution < -0.4 is 5.32 Å². The molecule has 3 rings (SSSR count). The standard InChI is InChI=1S/C18H17F3N2O2/c19-18(20,21)16-3-1-2-15(23-16)12-4-6-13(7-5-12)17(24)22-14-8-10-25-11-9-14/h1-7,14H,8-11H2,(H,22,24). The largest absolute Gasteiger partial charge is 0.433 e. The second-order valence-corrected chi connectivity index (χ2v) is 5.84. The summed E-state index contributed by atoms with van der Waals surface area (Å²) in [6.07, 6.45) is -2.94. The van der Waals surface area contributed by atoms with Crippen LogP contribution in [-0.4, -0.2) is 30.1 Å². The Balaban J connectivity index is 1.72. The summed E-state index contributed by atoms with van der Waals surface area (Å²) in [6, 6.07) is 10.2. The number of nitrogens with zero attached hydrogens (tertiary/aromatic N) is 1. The molecule has 0 spiro atoms. The molecule has 0 saturated carbocycles. The first kappa shape index (κ1) is 17.4. The zero-order chi connectivity index (χ0) is 17.9. The van der Waals surface area contributed by atoms with Gasteiger partial charge < -0.3 is 10.1 Å². The van der Waals surface area contributed by atoms with Gasteiger partial charge in [0.25, 0.3) is 5.91 Å². The molecule has 0 unspecified atom stereocenters. The molecule has 1 aromatic heterocycles. The van der Waals surface area contributed by atoms with Crippen molar-refractivity contribution in [3.05, 3.63) is 53.7 Å². The number of hydrogen-bond acceptors (Lipinski definition) is 3. The molecule has 2 aromatic rings. The van der Waals surface area contributed by atoms with Gasteiger partial charge in [0, 0.05) is 30.4 Å². The minimum absolute atomic E-state index is 0.0889. The van der Waals surface area contributed by atoms with Gasteiger partial charge in [-0.1, -0.05) is 18.2 Å². The van der Waals surface area contributed by atoms with Gasteiger partial charge >= 0.3 is 6.18 Å². The van der Waals surface area contributed by atoms with Crippen LogP contribution >= 0.6 is 0 Å². The predicted octanol–water partition coefficient (Wildman–Crippen LogP) is 3.68. The smallest absolute Gasteiger partial charge is 0.381 e. The summed E-state index contributed by atoms with van der Waals surface area (Å²) in [6.45, 7) is 1.26. The van der Waals surface area contributed by atoms with Crippen LogP contribution in [0.1, 0.15) is 28.9 Å². The molecule has 0 radical (unpaired) electrons. The Bertz CT molecular complexity index is 739. The second-order valence-electron chi connectivity index (χ2n) is 5.84. The van der Waals surface area contributed by atoms with Crippen molar-refractivity contribution >= 4 is 5.91 Å². The highest BCUT2D eigenvalue weighted by molar-refractivity contribution is 5.94. The molecular formula is C18H17F3N2O2. The van der Waals surface area contributed by atoms with Gasteiger partial charge in [-0.3, -0.25) is 4.79 Å². The van der Waals surface area contributed by atoms with E-state index in [0.29, 0.717) is 24.3 Å². The van der Waals surface area contributed by atoms with Crippen molar-refractivity contribution in [2.75, 3.05) is 13.2 Å². The van der Waals surface area contributed by atoms with Crippen molar-refractivity contribution < 1.29 is 22.7 Å². The summed E-state index contributed by atoms with van der Waals surface area (Å²) in [5.41, 5.74) is 0.258. The van der Waals surface area contributed by atoms with Crippen LogP contribution in [0.15, 0.2) is 42.5 Å². The molecule has 1 fully saturated rings. The van der Waals surface area contributed by atoms with Crippen LogP contribution in [0.2, 0.25) is 0 Å². The number of alkyl halides is 3. The number of aromatic nitrogens is 1. The summed E-state index contributed by atoms with van der Waals surface area (Å²) in [7, 11) is 0. The highest BCUT2D eigenvalue weighted by atomic mass is 19.4. The van der Waals surface area contributed by atoms with Crippen LogP contribution in [0.3, 0.4) is 0 Å². The number of halogens is 3. The van der Waals surface area contributed by atoms with E-state index in [-0.39, 0.29) is 17.6 Å². The van der Waals surface area contributed by atoms with E-state index in [2.05, 4.69) is 10.3 Å². The average Bonchev–Trinajstić information content (AvgIpc) is 2.62. The molecular weight excluding hydrogens is 333 g/mol. The lowest BCUT2D eigenvalue weighted by Gasteiger charge is -2.23. The highest BCUT2D eigenvalue weighted by Gasteiger charge is 2.32. The first-order valence-corrected chi connectivity index (χ1v) is 7.97. The summed E-state index contributed by atoms with van der Waals surface area (Å²) < 4.78 is 43.5. The third-order valence-electron chi connectivity index (χ3n) is 4.04. The Labute approximate surface area is 143 Å². The quantitative estimate of drug-likeness (QED) is 0.919. The lowest BCUT2D eigenvalue weighted by atomic mass is 10.1. The summed E-state index contributed by atoms with van der Waals surface area (Å²) in [5, 5.41) is 2.94. The maximum atomic E-state index is 12.8. The Hall–Kier alpha value is -2.41. The van der Waals surface area contributed by atoms with E-state index in [9.17, 15) is 18.0 Å². The van der Waals surface area contributed by atoms with Gasteiger partial charge in [0.2, 0.25) is 0 Å². The zero-order valence-corrected chi connectivity index (χ0v) is 13.3. The SMILES string of the molecule is O=C(NC1CCOCC1)c1ccc(-c2cccc(C(F)(F)F)n2)cc1. The maximum Gasteiger partial charge on any atom is 0.433 e. The van der Waals surface area contributed by atoms with Gasteiger partial charge in [0.1, 0.15) is 5.69 Å². The molecule has 2 heterocycles. The predicted molar refractivity (Wildman–Crippen MR) is 86.0 cm³/mol. The Kier molecular flexibility index (Phi) is 5.03. The average molecular weight is 350 g/mol. The molecule has 1 aliphatic rings. The number of nitrogens with one attached hydrogen (secondary N) is 1. The number of hydrogen-bond donors (Lipinski definition) is 1. The van der Waals surface area contributed by atoms with E-state index in [4.69, 9.17) is 4.74 Å². The zero-order valence-electron chi connectivity index (χ0n) is 13.3. The van der Waals surface area contributed by atoms with Gasteiger partial charge in [-0.05, 0) is 37.1 Å². The van der Waals surface area contributed by atoms with E-state index < -0.39 is 11.9 Å². The minimum atomic E-state index is -4.49. The molecule has 0 aliphatic carbocycles. The van der Waals surface area contributed by atoms with Crippen LogP contribution in [0.4, 0.5) is 13.2 Å². The Morgan fingerprint density at radius 1 is 1.08 bits per heavy atom. The van der Waals surface area contributed by atoms with E-state index in [1.807, 2.05) is 0 Å². The maximum absolute atomic E-state index is 12.8. The summed E-state index contributed by atoms with van der Waals surface area (Å²) >= 11 is 0. The van der Waals surface area contributed by atoms with Crippen LogP contribution in [-0.2, 0) is 10.9 Å². The normalized spacial score (nSPS) is 15.8. The van der Waals surface area contributed by atoms with Gasteiger partial charge in [-0.25, -0.2) is 4.98 Å². The molecule has 0 bridgehead atoms. The molecule has 0 atom stereocenters. The molecule has 1 amide bonds. The first-order chi connectivity index (χ1) is 11.9. The summed E-state index contributed by atoms with van der Waals surface area (Å²) in [5.74, 6) is -0.199. The number of amides is 1. The summed E-state index contributed by atoms with van der Waals surface area (Å²) in [4.78, 5) is 15.9. The molecule has 7 heteroatoms. The fourth-order valence-electron chi connectivity index (χ4n) is 2.66. The van der Waals surface area contributed by atoms with Gasteiger partial charge in [0.05, 0.1) is 5.69 Å². The van der Waals surface area contributed by atoms with Gasteiger partial charge in [-0.2, -0.15) is 13.2 Å². The van der Waals surface area contributed by atoms with Gasteiger partial charge in [0.15, 0.2) is 0 Å². The molecule has 132 valence electrons. The van der Waals surface area contributed by atoms with Crippen molar-refractivity contribution in [2.24, 2.45) is 0 Å². The van der Waals surface area contributed by atoms with Crippen LogP contribution in [0, 0.1) is 0 Å². The van der Waals surface area contributed by atoms with Crippen molar-refractivity contribution in [1.82, 2.24) is 10.3 Å². The third-order valence-corrected chi connectivity index (χ3v) is 4.04. The lowest BCUT2D eigenvalue weighted by molar-refractivity contribution is -0.141. The number of rotatable bonds is 3. The molecule has 1 N–H and O–H groups in total. The van der Waals surface area contributed by atoms with Crippen LogP contribution in [0.5, 0.6) is 0 Å². The highest BCUT2D eigenvalue weighted by Crippen LogP contribution is 2.29. The third kappa shape index (κ3) is 4.36. The van der Waals surface area contributed by atoms with Crippen molar-refractivity contribution in [1.29, 1.82) is 0 Å². The van der Waals surface area contributed by atoms with E-state index in [1.165, 1.54) is 12.1 Å². The fourth-order valence-corrected chi connectivity index (χ4v) is 2.66. The molecule has 25 heavy (non-hydrogen) atoms. The molecule has 1 saturated heterocycles. The topological polar surface area (TPSA) is 51.2 Å². The van der Waals surface area contributed by atoms with Crippen molar-refractivity contribution in [3.63, 3.8) is 0 Å². The van der Waals surface area contributed by atoms with E-state index >= 15 is 0 Å². The fraction of sp³-hybridized carbons (Fsp3) is 0.333. The molecule has 4 nitrogen and oxygen atoms in total. The second kappa shape index (κ2) is 7.23. The number of benzene rings is 1.